The van der Waals surface area contributed by atoms with Gasteiger partial charge in [0.05, 0.1) is 24.9 Å². The molecule has 0 saturated carbocycles. The Kier molecular flexibility index (Phi) is 3.74. The number of fused-ring (bicyclic) bond motifs is 1. The van der Waals surface area contributed by atoms with E-state index in [0.29, 0.717) is 5.92 Å². The highest BCUT2D eigenvalue weighted by Crippen LogP contribution is 2.44. The molecule has 1 N–H and O–H groups in total. The van der Waals surface area contributed by atoms with Gasteiger partial charge in [-0.15, -0.1) is 0 Å². The molecule has 1 aromatic rings. The van der Waals surface area contributed by atoms with E-state index in [4.69, 9.17) is 9.47 Å². The Morgan fingerprint density at radius 3 is 2.70 bits per heavy atom. The van der Waals surface area contributed by atoms with Crippen molar-refractivity contribution >= 4 is 0 Å². The standard InChI is InChI=1S/C17H24O3/c1-10-11(2)20-12(3)15(10)16(18)14-8-4-6-13-7-5-9-19-17(13)14/h4,6,8,10-12,15-16,18H,5,7,9H2,1-3H3. The number of ether oxygens (including phenoxy) is 2. The second kappa shape index (κ2) is 5.38. The van der Waals surface area contributed by atoms with Crippen molar-refractivity contribution in [1.29, 1.82) is 0 Å². The average molecular weight is 276 g/mol. The van der Waals surface area contributed by atoms with E-state index in [-0.39, 0.29) is 18.1 Å². The number of rotatable bonds is 2. The van der Waals surface area contributed by atoms with E-state index >= 15 is 0 Å². The molecule has 0 radical (unpaired) electrons. The van der Waals surface area contributed by atoms with E-state index in [0.717, 1.165) is 30.8 Å². The van der Waals surface area contributed by atoms with Crippen LogP contribution in [0.5, 0.6) is 5.75 Å². The minimum Gasteiger partial charge on any atom is -0.493 e. The van der Waals surface area contributed by atoms with Crippen LogP contribution in [-0.2, 0) is 11.2 Å². The molecular weight excluding hydrogens is 252 g/mol. The minimum atomic E-state index is -0.516. The van der Waals surface area contributed by atoms with Crippen LogP contribution in [0.4, 0.5) is 0 Å². The Hall–Kier alpha value is -1.06. The molecule has 5 unspecified atom stereocenters. The highest BCUT2D eigenvalue weighted by atomic mass is 16.5. The SMILES string of the molecule is CC1OC(C)C(C(O)c2cccc3c2OCCC3)C1C. The van der Waals surface area contributed by atoms with Gasteiger partial charge >= 0.3 is 0 Å². The molecule has 3 nitrogen and oxygen atoms in total. The second-order valence-electron chi connectivity index (χ2n) is 6.22. The van der Waals surface area contributed by atoms with Gasteiger partial charge in [0.15, 0.2) is 0 Å². The Bertz CT molecular complexity index is 485. The van der Waals surface area contributed by atoms with Crippen LogP contribution >= 0.6 is 0 Å². The van der Waals surface area contributed by atoms with Gasteiger partial charge in [-0.2, -0.15) is 0 Å². The van der Waals surface area contributed by atoms with E-state index in [9.17, 15) is 5.11 Å². The summed E-state index contributed by atoms with van der Waals surface area (Å²) in [4.78, 5) is 0. The summed E-state index contributed by atoms with van der Waals surface area (Å²) in [6, 6.07) is 6.13. The van der Waals surface area contributed by atoms with Gasteiger partial charge in [0.25, 0.3) is 0 Å². The first kappa shape index (κ1) is 13.9. The number of aryl methyl sites for hydroxylation is 1. The molecule has 20 heavy (non-hydrogen) atoms. The first-order valence-corrected chi connectivity index (χ1v) is 7.67. The summed E-state index contributed by atoms with van der Waals surface area (Å²) in [7, 11) is 0. The second-order valence-corrected chi connectivity index (χ2v) is 6.22. The third-order valence-electron chi connectivity index (χ3n) is 4.97. The molecule has 5 atom stereocenters. The fourth-order valence-corrected chi connectivity index (χ4v) is 3.69. The third kappa shape index (κ3) is 2.23. The molecule has 1 saturated heterocycles. The number of aliphatic hydroxyl groups excluding tert-OH is 1. The van der Waals surface area contributed by atoms with Crippen molar-refractivity contribution in [2.45, 2.75) is 51.9 Å². The molecule has 3 heteroatoms. The van der Waals surface area contributed by atoms with Gasteiger partial charge in [-0.25, -0.2) is 0 Å². The largest absolute Gasteiger partial charge is 0.493 e. The van der Waals surface area contributed by atoms with Crippen LogP contribution < -0.4 is 4.74 Å². The molecule has 0 aromatic heterocycles. The Morgan fingerprint density at radius 2 is 2.00 bits per heavy atom. The third-order valence-corrected chi connectivity index (χ3v) is 4.97. The highest BCUT2D eigenvalue weighted by molar-refractivity contribution is 5.44. The molecule has 0 bridgehead atoms. The molecule has 1 aromatic carbocycles. The number of aliphatic hydroxyl groups is 1. The molecule has 1 fully saturated rings. The smallest absolute Gasteiger partial charge is 0.128 e. The van der Waals surface area contributed by atoms with Gasteiger partial charge in [0.1, 0.15) is 5.75 Å². The van der Waals surface area contributed by atoms with Crippen LogP contribution in [0.3, 0.4) is 0 Å². The summed E-state index contributed by atoms with van der Waals surface area (Å²) in [6.07, 6.45) is 1.86. The molecular formula is C17H24O3. The van der Waals surface area contributed by atoms with Crippen LogP contribution in [-0.4, -0.2) is 23.9 Å². The van der Waals surface area contributed by atoms with Crippen molar-refractivity contribution in [2.75, 3.05) is 6.61 Å². The number of hydrogen-bond acceptors (Lipinski definition) is 3. The topological polar surface area (TPSA) is 38.7 Å². The molecule has 0 spiro atoms. The van der Waals surface area contributed by atoms with Crippen molar-refractivity contribution in [1.82, 2.24) is 0 Å². The normalized spacial score (nSPS) is 34.4. The highest BCUT2D eigenvalue weighted by Gasteiger charge is 2.42. The van der Waals surface area contributed by atoms with Crippen molar-refractivity contribution < 1.29 is 14.6 Å². The molecule has 2 aliphatic heterocycles. The zero-order valence-electron chi connectivity index (χ0n) is 12.5. The van der Waals surface area contributed by atoms with Crippen LogP contribution in [0.1, 0.15) is 44.4 Å². The zero-order valence-corrected chi connectivity index (χ0v) is 12.5. The van der Waals surface area contributed by atoms with Gasteiger partial charge in [-0.1, -0.05) is 25.1 Å². The van der Waals surface area contributed by atoms with Crippen LogP contribution in [0.25, 0.3) is 0 Å². The van der Waals surface area contributed by atoms with Crippen LogP contribution in [0.15, 0.2) is 18.2 Å². The number of hydrogen-bond donors (Lipinski definition) is 1. The van der Waals surface area contributed by atoms with Gasteiger partial charge in [-0.3, -0.25) is 0 Å². The van der Waals surface area contributed by atoms with Crippen molar-refractivity contribution in [3.63, 3.8) is 0 Å². The van der Waals surface area contributed by atoms with Gasteiger partial charge in [0, 0.05) is 11.5 Å². The first-order chi connectivity index (χ1) is 9.59. The number of para-hydroxylation sites is 1. The van der Waals surface area contributed by atoms with Crippen molar-refractivity contribution in [3.05, 3.63) is 29.3 Å². The predicted octanol–water partition coefficient (Wildman–Crippen LogP) is 3.10. The molecule has 0 aliphatic carbocycles. The summed E-state index contributed by atoms with van der Waals surface area (Å²) in [6.45, 7) is 7.06. The fourth-order valence-electron chi connectivity index (χ4n) is 3.69. The summed E-state index contributed by atoms with van der Waals surface area (Å²) in [5.74, 6) is 1.38. The zero-order chi connectivity index (χ0) is 14.3. The van der Waals surface area contributed by atoms with Gasteiger partial charge < -0.3 is 14.6 Å². The minimum absolute atomic E-state index is 0.0782. The maximum absolute atomic E-state index is 10.9. The summed E-state index contributed by atoms with van der Waals surface area (Å²) < 4.78 is 11.7. The lowest BCUT2D eigenvalue weighted by molar-refractivity contribution is 0.0221. The first-order valence-electron chi connectivity index (χ1n) is 7.67. The van der Waals surface area contributed by atoms with Crippen molar-refractivity contribution in [2.24, 2.45) is 11.8 Å². The van der Waals surface area contributed by atoms with Crippen LogP contribution in [0.2, 0.25) is 0 Å². The van der Waals surface area contributed by atoms with E-state index in [1.807, 2.05) is 12.1 Å². The van der Waals surface area contributed by atoms with Gasteiger partial charge in [-0.05, 0) is 38.2 Å². The molecule has 3 rings (SSSR count). The summed E-state index contributed by atoms with van der Waals surface area (Å²) >= 11 is 0. The van der Waals surface area contributed by atoms with Crippen molar-refractivity contribution in [3.8, 4) is 5.75 Å². The molecule has 2 aliphatic rings. The Balaban J connectivity index is 1.93. The Labute approximate surface area is 120 Å². The maximum atomic E-state index is 10.9. The fraction of sp³-hybridized carbons (Fsp3) is 0.647. The summed E-state index contributed by atoms with van der Waals surface area (Å²) in [5.41, 5.74) is 2.16. The predicted molar refractivity (Wildman–Crippen MR) is 77.9 cm³/mol. The van der Waals surface area contributed by atoms with E-state index in [1.54, 1.807) is 0 Å². The lowest BCUT2D eigenvalue weighted by Crippen LogP contribution is -2.26. The maximum Gasteiger partial charge on any atom is 0.128 e. The molecule has 110 valence electrons. The Morgan fingerprint density at radius 1 is 1.20 bits per heavy atom. The lowest BCUT2D eigenvalue weighted by Gasteiger charge is -2.28. The van der Waals surface area contributed by atoms with E-state index in [2.05, 4.69) is 26.8 Å². The van der Waals surface area contributed by atoms with Crippen LogP contribution in [0, 0.1) is 11.8 Å². The number of benzene rings is 1. The van der Waals surface area contributed by atoms with E-state index < -0.39 is 6.10 Å². The summed E-state index contributed by atoms with van der Waals surface area (Å²) in [5, 5.41) is 10.9. The average Bonchev–Trinajstić information content (AvgIpc) is 2.71. The van der Waals surface area contributed by atoms with Gasteiger partial charge in [0.2, 0.25) is 0 Å². The quantitative estimate of drug-likeness (QED) is 0.902. The van der Waals surface area contributed by atoms with E-state index in [1.165, 1.54) is 5.56 Å². The molecule has 0 amide bonds. The molecule has 2 heterocycles. The monoisotopic (exact) mass is 276 g/mol. The lowest BCUT2D eigenvalue weighted by atomic mass is 9.81.